The molecule has 2 aliphatic carbocycles. The molecule has 0 aromatic rings. The molecule has 2 aliphatic rings. The molecule has 0 bridgehead atoms. The molecule has 0 N–H and O–H groups in total. The number of esters is 1. The van der Waals surface area contributed by atoms with E-state index in [9.17, 15) is 18.0 Å². The highest BCUT2D eigenvalue weighted by atomic mass is 28.4. The third-order valence-electron chi connectivity index (χ3n) is 6.09. The molecule has 0 unspecified atom stereocenters. The first-order valence-electron chi connectivity index (χ1n) is 8.72. The van der Waals surface area contributed by atoms with Gasteiger partial charge in [-0.25, -0.2) is 0 Å². The number of hydrogen-bond acceptors (Lipinski definition) is 3. The Hall–Kier alpha value is -0.563. The van der Waals surface area contributed by atoms with Crippen LogP contribution in [0.5, 0.6) is 0 Å². The van der Waals surface area contributed by atoms with Crippen molar-refractivity contribution in [1.82, 2.24) is 0 Å². The smallest absolute Gasteiger partial charge is 0.422 e. The Labute approximate surface area is 143 Å². The molecule has 0 aliphatic heterocycles. The first kappa shape index (κ1) is 19.8. The molecule has 0 radical (unpaired) electrons. The summed E-state index contributed by atoms with van der Waals surface area (Å²) < 4.78 is 48.3. The van der Waals surface area contributed by atoms with Crippen LogP contribution in [-0.4, -0.2) is 32.7 Å². The lowest BCUT2D eigenvalue weighted by atomic mass is 9.55. The van der Waals surface area contributed by atoms with Gasteiger partial charge in [-0.3, -0.25) is 4.79 Å². The summed E-state index contributed by atoms with van der Waals surface area (Å²) in [6, 6.07) is 0. The van der Waals surface area contributed by atoms with E-state index < -0.39 is 38.6 Å². The molecule has 3 atom stereocenters. The van der Waals surface area contributed by atoms with Crippen LogP contribution in [0.25, 0.3) is 0 Å². The van der Waals surface area contributed by atoms with E-state index in [2.05, 4.69) is 38.6 Å². The number of halogens is 3. The number of alkyl halides is 3. The van der Waals surface area contributed by atoms with Crippen LogP contribution in [0.3, 0.4) is 0 Å². The third-order valence-corrected chi connectivity index (χ3v) is 10.6. The van der Waals surface area contributed by atoms with E-state index >= 15 is 0 Å². The van der Waals surface area contributed by atoms with Gasteiger partial charge >= 0.3 is 12.1 Å². The zero-order valence-electron chi connectivity index (χ0n) is 15.3. The zero-order valence-corrected chi connectivity index (χ0v) is 16.3. The van der Waals surface area contributed by atoms with Gasteiger partial charge in [-0.2, -0.15) is 13.2 Å². The van der Waals surface area contributed by atoms with Crippen molar-refractivity contribution in [1.29, 1.82) is 0 Å². The van der Waals surface area contributed by atoms with Gasteiger partial charge in [0.25, 0.3) is 0 Å². The van der Waals surface area contributed by atoms with E-state index in [0.717, 1.165) is 25.7 Å². The molecule has 0 heterocycles. The maximum absolute atomic E-state index is 12.4. The Morgan fingerprint density at radius 1 is 1.21 bits per heavy atom. The second-order valence-electron chi connectivity index (χ2n) is 8.77. The maximum atomic E-state index is 12.4. The summed E-state index contributed by atoms with van der Waals surface area (Å²) in [4.78, 5) is 12.3. The molecule has 2 rings (SSSR count). The summed E-state index contributed by atoms with van der Waals surface area (Å²) in [6.45, 7) is 9.13. The highest BCUT2D eigenvalue weighted by Gasteiger charge is 2.62. The van der Waals surface area contributed by atoms with Crippen LogP contribution in [0, 0.1) is 11.8 Å². The van der Waals surface area contributed by atoms with Crippen molar-refractivity contribution >= 4 is 14.3 Å². The average molecular weight is 366 g/mol. The lowest BCUT2D eigenvalue weighted by molar-refractivity contribution is -0.214. The molecule has 0 aromatic carbocycles. The summed E-state index contributed by atoms with van der Waals surface area (Å²) in [7, 11) is -2.13. The van der Waals surface area contributed by atoms with E-state index in [1.165, 1.54) is 0 Å². The van der Waals surface area contributed by atoms with Gasteiger partial charge in [-0.15, -0.1) is 0 Å². The number of carbonyl (C=O) groups is 1. The normalized spacial score (nSPS) is 31.2. The lowest BCUT2D eigenvalue weighted by Gasteiger charge is -2.60. The molecule has 2 saturated carbocycles. The van der Waals surface area contributed by atoms with Crippen molar-refractivity contribution in [3.8, 4) is 0 Å². The predicted molar refractivity (Wildman–Crippen MR) is 88.1 cm³/mol. The number of hydrogen-bond donors (Lipinski definition) is 0. The van der Waals surface area contributed by atoms with Gasteiger partial charge < -0.3 is 9.16 Å². The van der Waals surface area contributed by atoms with Crippen LogP contribution in [0.1, 0.15) is 52.9 Å². The Morgan fingerprint density at radius 3 is 2.33 bits per heavy atom. The molecule has 0 aromatic heterocycles. The third kappa shape index (κ3) is 3.82. The van der Waals surface area contributed by atoms with Crippen molar-refractivity contribution in [2.24, 2.45) is 11.8 Å². The second kappa shape index (κ2) is 6.31. The van der Waals surface area contributed by atoms with Crippen LogP contribution in [0.15, 0.2) is 0 Å². The minimum Gasteiger partial charge on any atom is -0.456 e. The first-order chi connectivity index (χ1) is 10.8. The van der Waals surface area contributed by atoms with Crippen LogP contribution >= 0.6 is 0 Å². The summed E-state index contributed by atoms with van der Waals surface area (Å²) in [5.41, 5.74) is -0.607. The minimum atomic E-state index is -4.49. The summed E-state index contributed by atoms with van der Waals surface area (Å²) in [5.74, 6) is -1.03. The van der Waals surface area contributed by atoms with Gasteiger partial charge in [0.15, 0.2) is 14.9 Å². The van der Waals surface area contributed by atoms with Crippen LogP contribution in [0.2, 0.25) is 18.1 Å². The fourth-order valence-electron chi connectivity index (χ4n) is 3.72. The Balaban J connectivity index is 2.16. The highest BCUT2D eigenvalue weighted by Crippen LogP contribution is 2.58. The standard InChI is InChI=1S/C17H29F3O3Si/c1-15(2,3)24(4,5)23-16-9-7-6-8-12(16)10-13(16)14(21)22-11-17(18,19)20/h12-13H,6-11H2,1-5H3/t12-,13-,16+/m0/s1. The Morgan fingerprint density at radius 2 is 1.83 bits per heavy atom. The van der Waals surface area contributed by atoms with E-state index in [0.29, 0.717) is 6.42 Å². The van der Waals surface area contributed by atoms with Crippen molar-refractivity contribution in [3.05, 3.63) is 0 Å². The number of rotatable bonds is 4. The quantitative estimate of drug-likeness (QED) is 0.515. The molecular formula is C17H29F3O3Si. The molecule has 0 spiro atoms. The Kier molecular flexibility index (Phi) is 5.19. The fraction of sp³-hybridized carbons (Fsp3) is 0.941. The summed E-state index contributed by atoms with van der Waals surface area (Å²) >= 11 is 0. The number of ether oxygens (including phenoxy) is 1. The van der Waals surface area contributed by atoms with Crippen molar-refractivity contribution in [2.45, 2.75) is 82.8 Å². The second-order valence-corrected chi connectivity index (χ2v) is 13.5. The topological polar surface area (TPSA) is 35.5 Å². The summed E-state index contributed by atoms with van der Waals surface area (Å²) in [5, 5.41) is -0.0141. The highest BCUT2D eigenvalue weighted by molar-refractivity contribution is 6.74. The maximum Gasteiger partial charge on any atom is 0.422 e. The van der Waals surface area contributed by atoms with E-state index in [4.69, 9.17) is 4.43 Å². The monoisotopic (exact) mass is 366 g/mol. The fourth-order valence-corrected chi connectivity index (χ4v) is 5.39. The van der Waals surface area contributed by atoms with E-state index in [1.807, 2.05) is 0 Å². The SMILES string of the molecule is CC(C)(C)[Si](C)(C)O[C@]12CCCC[C@H]1C[C@H]2C(=O)OCC(F)(F)F. The van der Waals surface area contributed by atoms with Gasteiger partial charge in [0, 0.05) is 0 Å². The molecule has 3 nitrogen and oxygen atoms in total. The van der Waals surface area contributed by atoms with Crippen LogP contribution in [-0.2, 0) is 14.0 Å². The van der Waals surface area contributed by atoms with Gasteiger partial charge in [-0.05, 0) is 43.3 Å². The van der Waals surface area contributed by atoms with Crippen molar-refractivity contribution in [2.75, 3.05) is 6.61 Å². The van der Waals surface area contributed by atoms with Gasteiger partial charge in [-0.1, -0.05) is 33.6 Å². The average Bonchev–Trinajstić information content (AvgIpc) is 2.38. The van der Waals surface area contributed by atoms with E-state index in [1.54, 1.807) is 0 Å². The first-order valence-corrected chi connectivity index (χ1v) is 11.6. The zero-order chi connectivity index (χ0) is 18.4. The van der Waals surface area contributed by atoms with Crippen LogP contribution in [0.4, 0.5) is 13.2 Å². The van der Waals surface area contributed by atoms with E-state index in [-0.39, 0.29) is 11.0 Å². The number of carbonyl (C=O) groups excluding carboxylic acids is 1. The number of fused-ring (bicyclic) bond motifs is 1. The van der Waals surface area contributed by atoms with Gasteiger partial charge in [0.1, 0.15) is 0 Å². The molecule has 140 valence electrons. The van der Waals surface area contributed by atoms with Gasteiger partial charge in [0.2, 0.25) is 0 Å². The van der Waals surface area contributed by atoms with Crippen molar-refractivity contribution in [3.63, 3.8) is 0 Å². The lowest BCUT2D eigenvalue weighted by Crippen LogP contribution is -2.66. The molecule has 0 amide bonds. The Bertz CT molecular complexity index is 484. The van der Waals surface area contributed by atoms with Crippen LogP contribution < -0.4 is 0 Å². The molecule has 0 saturated heterocycles. The molecular weight excluding hydrogens is 337 g/mol. The summed E-state index contributed by atoms with van der Waals surface area (Å²) in [6.07, 6.45) is -0.121. The largest absolute Gasteiger partial charge is 0.456 e. The predicted octanol–water partition coefficient (Wildman–Crippen LogP) is 5.06. The van der Waals surface area contributed by atoms with Gasteiger partial charge in [0.05, 0.1) is 11.5 Å². The van der Waals surface area contributed by atoms with Crippen molar-refractivity contribution < 1.29 is 27.1 Å². The molecule has 2 fully saturated rings. The minimum absolute atomic E-state index is 0.0141. The molecule has 7 heteroatoms. The molecule has 24 heavy (non-hydrogen) atoms.